The Morgan fingerprint density at radius 2 is 1.59 bits per heavy atom. The van der Waals surface area contributed by atoms with E-state index in [9.17, 15) is 5.11 Å². The maximum atomic E-state index is 9.70. The van der Waals surface area contributed by atoms with Gasteiger partial charge in [-0.3, -0.25) is 0 Å². The number of aromatic hydroxyl groups is 1. The number of hydrogen-bond acceptors (Lipinski definition) is 1. The second-order valence-electron chi connectivity index (χ2n) is 5.57. The van der Waals surface area contributed by atoms with Crippen LogP contribution in [0.2, 0.25) is 0 Å². The Morgan fingerprint density at radius 1 is 1.00 bits per heavy atom. The molecule has 0 atom stereocenters. The first-order chi connectivity index (χ1) is 8.00. The number of phenols is 1. The SMILES string of the molecule is Cc1cc(CCCCCC(C)C)cc(C)c1O. The van der Waals surface area contributed by atoms with Crippen molar-refractivity contribution in [2.45, 2.75) is 59.8 Å². The summed E-state index contributed by atoms with van der Waals surface area (Å²) in [5.74, 6) is 1.28. The lowest BCUT2D eigenvalue weighted by Gasteiger charge is -2.08. The maximum absolute atomic E-state index is 9.70. The fourth-order valence-electron chi connectivity index (χ4n) is 2.25. The molecule has 17 heavy (non-hydrogen) atoms. The van der Waals surface area contributed by atoms with Gasteiger partial charge in [-0.15, -0.1) is 0 Å². The number of rotatable bonds is 6. The smallest absolute Gasteiger partial charge is 0.121 e. The Hall–Kier alpha value is -0.980. The lowest BCUT2D eigenvalue weighted by Crippen LogP contribution is -1.91. The largest absolute Gasteiger partial charge is 0.507 e. The zero-order chi connectivity index (χ0) is 12.8. The van der Waals surface area contributed by atoms with Crippen LogP contribution in [0.3, 0.4) is 0 Å². The summed E-state index contributed by atoms with van der Waals surface area (Å²) < 4.78 is 0. The van der Waals surface area contributed by atoms with Gasteiger partial charge in [-0.05, 0) is 49.3 Å². The van der Waals surface area contributed by atoms with E-state index in [-0.39, 0.29) is 0 Å². The van der Waals surface area contributed by atoms with Crippen molar-refractivity contribution in [2.24, 2.45) is 5.92 Å². The summed E-state index contributed by atoms with van der Waals surface area (Å²) in [4.78, 5) is 0. The molecule has 1 nitrogen and oxygen atoms in total. The second kappa shape index (κ2) is 6.68. The number of phenolic OH excluding ortho intramolecular Hbond substituents is 1. The van der Waals surface area contributed by atoms with E-state index in [2.05, 4.69) is 26.0 Å². The van der Waals surface area contributed by atoms with Gasteiger partial charge in [0.25, 0.3) is 0 Å². The van der Waals surface area contributed by atoms with E-state index >= 15 is 0 Å². The van der Waals surface area contributed by atoms with Gasteiger partial charge in [0.2, 0.25) is 0 Å². The van der Waals surface area contributed by atoms with Gasteiger partial charge in [-0.2, -0.15) is 0 Å². The topological polar surface area (TPSA) is 20.2 Å². The number of aryl methyl sites for hydroxylation is 3. The summed E-state index contributed by atoms with van der Waals surface area (Å²) >= 11 is 0. The van der Waals surface area contributed by atoms with Crippen LogP contribution in [0.5, 0.6) is 5.75 Å². The molecule has 1 aromatic carbocycles. The quantitative estimate of drug-likeness (QED) is 0.703. The van der Waals surface area contributed by atoms with Crippen LogP contribution in [0.1, 0.15) is 56.2 Å². The normalized spacial score (nSPS) is 11.1. The minimum Gasteiger partial charge on any atom is -0.507 e. The zero-order valence-electron chi connectivity index (χ0n) is 11.7. The molecule has 0 heterocycles. The highest BCUT2D eigenvalue weighted by atomic mass is 16.3. The molecule has 1 aromatic rings. The molecule has 0 spiro atoms. The van der Waals surface area contributed by atoms with Crippen molar-refractivity contribution < 1.29 is 5.11 Å². The molecule has 0 saturated heterocycles. The van der Waals surface area contributed by atoms with Gasteiger partial charge in [-0.1, -0.05) is 45.2 Å². The van der Waals surface area contributed by atoms with Gasteiger partial charge in [0.05, 0.1) is 0 Å². The summed E-state index contributed by atoms with van der Waals surface area (Å²) in [7, 11) is 0. The van der Waals surface area contributed by atoms with Crippen LogP contribution in [0.25, 0.3) is 0 Å². The summed E-state index contributed by atoms with van der Waals surface area (Å²) in [5.41, 5.74) is 3.37. The summed E-state index contributed by atoms with van der Waals surface area (Å²) in [6, 6.07) is 4.23. The molecule has 96 valence electrons. The van der Waals surface area contributed by atoms with Gasteiger partial charge in [0, 0.05) is 0 Å². The average molecular weight is 234 g/mol. The fraction of sp³-hybridized carbons (Fsp3) is 0.625. The molecule has 1 heteroatoms. The number of benzene rings is 1. The van der Waals surface area contributed by atoms with Crippen LogP contribution < -0.4 is 0 Å². The van der Waals surface area contributed by atoms with Crippen LogP contribution in [-0.4, -0.2) is 5.11 Å². The molecule has 0 radical (unpaired) electrons. The highest BCUT2D eigenvalue weighted by Crippen LogP contribution is 2.24. The van der Waals surface area contributed by atoms with Crippen molar-refractivity contribution in [3.8, 4) is 5.75 Å². The molecule has 0 bridgehead atoms. The van der Waals surface area contributed by atoms with Crippen LogP contribution in [0.15, 0.2) is 12.1 Å². The third kappa shape index (κ3) is 4.80. The summed E-state index contributed by atoms with van der Waals surface area (Å²) in [6.45, 7) is 8.52. The third-order valence-corrected chi connectivity index (χ3v) is 3.30. The molecule has 1 rings (SSSR count). The summed E-state index contributed by atoms with van der Waals surface area (Å²) in [6.07, 6.45) is 6.40. The van der Waals surface area contributed by atoms with Crippen molar-refractivity contribution in [3.63, 3.8) is 0 Å². The Kier molecular flexibility index (Phi) is 5.54. The van der Waals surface area contributed by atoms with Crippen molar-refractivity contribution in [1.29, 1.82) is 0 Å². The van der Waals surface area contributed by atoms with E-state index in [1.807, 2.05) is 13.8 Å². The Morgan fingerprint density at radius 3 is 2.12 bits per heavy atom. The standard InChI is InChI=1S/C16H26O/c1-12(2)8-6-5-7-9-15-10-13(3)16(17)14(4)11-15/h10-12,17H,5-9H2,1-4H3. The minimum absolute atomic E-state index is 0.452. The van der Waals surface area contributed by atoms with E-state index in [1.165, 1.54) is 31.2 Å². The lowest BCUT2D eigenvalue weighted by molar-refractivity contribution is 0.466. The molecule has 0 aliphatic rings. The van der Waals surface area contributed by atoms with Gasteiger partial charge >= 0.3 is 0 Å². The predicted octanol–water partition coefficient (Wildman–Crippen LogP) is 4.77. The van der Waals surface area contributed by atoms with Crippen molar-refractivity contribution >= 4 is 0 Å². The number of unbranched alkanes of at least 4 members (excludes halogenated alkanes) is 2. The Labute approximate surface area is 106 Å². The van der Waals surface area contributed by atoms with Gasteiger partial charge < -0.3 is 5.11 Å². The van der Waals surface area contributed by atoms with Gasteiger partial charge in [-0.25, -0.2) is 0 Å². The van der Waals surface area contributed by atoms with E-state index < -0.39 is 0 Å². The maximum Gasteiger partial charge on any atom is 0.121 e. The average Bonchev–Trinajstić information content (AvgIpc) is 2.25. The fourth-order valence-corrected chi connectivity index (χ4v) is 2.25. The van der Waals surface area contributed by atoms with Crippen molar-refractivity contribution in [3.05, 3.63) is 28.8 Å². The predicted molar refractivity (Wildman–Crippen MR) is 74.6 cm³/mol. The number of hydrogen-bond donors (Lipinski definition) is 1. The third-order valence-electron chi connectivity index (χ3n) is 3.30. The molecular weight excluding hydrogens is 208 g/mol. The highest BCUT2D eigenvalue weighted by Gasteiger charge is 2.03. The van der Waals surface area contributed by atoms with E-state index in [4.69, 9.17) is 0 Å². The minimum atomic E-state index is 0.452. The van der Waals surface area contributed by atoms with Crippen molar-refractivity contribution in [1.82, 2.24) is 0 Å². The Bertz CT molecular complexity index is 330. The molecule has 0 amide bonds. The zero-order valence-corrected chi connectivity index (χ0v) is 11.7. The van der Waals surface area contributed by atoms with Gasteiger partial charge in [0.1, 0.15) is 5.75 Å². The van der Waals surface area contributed by atoms with Crippen LogP contribution >= 0.6 is 0 Å². The molecule has 0 aliphatic heterocycles. The molecule has 0 saturated carbocycles. The second-order valence-corrected chi connectivity index (χ2v) is 5.57. The van der Waals surface area contributed by atoms with Gasteiger partial charge in [0.15, 0.2) is 0 Å². The molecular formula is C16H26O. The van der Waals surface area contributed by atoms with Crippen LogP contribution in [0.4, 0.5) is 0 Å². The molecule has 0 aliphatic carbocycles. The highest BCUT2D eigenvalue weighted by molar-refractivity contribution is 5.42. The molecule has 0 fully saturated rings. The first-order valence-electron chi connectivity index (χ1n) is 6.79. The van der Waals surface area contributed by atoms with E-state index in [0.717, 1.165) is 23.5 Å². The first kappa shape index (κ1) is 14.1. The molecule has 0 unspecified atom stereocenters. The van der Waals surface area contributed by atoms with Crippen molar-refractivity contribution in [2.75, 3.05) is 0 Å². The lowest BCUT2D eigenvalue weighted by atomic mass is 9.99. The summed E-state index contributed by atoms with van der Waals surface area (Å²) in [5, 5.41) is 9.70. The Balaban J connectivity index is 2.37. The van der Waals surface area contributed by atoms with E-state index in [1.54, 1.807) is 0 Å². The monoisotopic (exact) mass is 234 g/mol. The first-order valence-corrected chi connectivity index (χ1v) is 6.79. The van der Waals surface area contributed by atoms with Crippen LogP contribution in [0, 0.1) is 19.8 Å². The van der Waals surface area contributed by atoms with Crippen LogP contribution in [-0.2, 0) is 6.42 Å². The molecule has 1 N–H and O–H groups in total. The molecule has 0 aromatic heterocycles. The van der Waals surface area contributed by atoms with E-state index in [0.29, 0.717) is 5.75 Å².